The van der Waals surface area contributed by atoms with E-state index < -0.39 is 15.9 Å². The Morgan fingerprint density at radius 2 is 1.64 bits per heavy atom. The number of para-hydroxylation sites is 1. The lowest BCUT2D eigenvalue weighted by molar-refractivity contribution is 0.323. The molecule has 9 nitrogen and oxygen atoms in total. The number of ether oxygens (including phenoxy) is 4. The number of hydrogen-bond acceptors (Lipinski definition) is 8. The van der Waals surface area contributed by atoms with E-state index in [1.807, 2.05) is 31.2 Å². The van der Waals surface area contributed by atoms with Crippen LogP contribution in [0, 0.1) is 18.3 Å². The highest BCUT2D eigenvalue weighted by Crippen LogP contribution is 2.53. The molecule has 0 fully saturated rings. The van der Waals surface area contributed by atoms with Crippen molar-refractivity contribution in [2.24, 2.45) is 5.73 Å². The fourth-order valence-corrected chi connectivity index (χ4v) is 6.93. The average Bonchev–Trinajstić information content (AvgIpc) is 2.94. The highest BCUT2D eigenvalue weighted by molar-refractivity contribution is 7.96. The lowest BCUT2D eigenvalue weighted by atomic mass is 9.87. The molecule has 200 valence electrons. The van der Waals surface area contributed by atoms with E-state index in [4.69, 9.17) is 24.7 Å². The van der Waals surface area contributed by atoms with Gasteiger partial charge in [0, 0.05) is 5.56 Å². The number of sulfonamides is 1. The molecule has 10 heteroatoms. The van der Waals surface area contributed by atoms with Crippen molar-refractivity contribution in [2.75, 3.05) is 25.6 Å². The number of nitrogens with two attached hydrogens (primary N) is 1. The number of allylic oxidation sites excluding steroid dienone is 2. The van der Waals surface area contributed by atoms with Gasteiger partial charge in [0.2, 0.25) is 11.6 Å². The predicted molar refractivity (Wildman–Crippen MR) is 146 cm³/mol. The van der Waals surface area contributed by atoms with Gasteiger partial charge < -0.3 is 24.7 Å². The summed E-state index contributed by atoms with van der Waals surface area (Å²) in [7, 11) is 0.157. The molecular formula is C29H27N3O6S. The van der Waals surface area contributed by atoms with E-state index in [0.29, 0.717) is 34.1 Å². The van der Waals surface area contributed by atoms with Gasteiger partial charge in [0.15, 0.2) is 17.3 Å². The van der Waals surface area contributed by atoms with Crippen molar-refractivity contribution in [2.45, 2.75) is 19.4 Å². The van der Waals surface area contributed by atoms with Crippen molar-refractivity contribution in [3.8, 4) is 23.3 Å². The maximum absolute atomic E-state index is 14.5. The third kappa shape index (κ3) is 4.11. The number of fused-ring (bicyclic) bond motifs is 2. The Morgan fingerprint density at radius 3 is 2.26 bits per heavy atom. The standard InChI is InChI=1S/C29H27N3O6S/c1-17-9-5-6-10-18(17)16-32-22-12-8-7-11-20(22)26-28(39(32,33)34)25(21(15-30)29(31)38-26)19-13-23(35-2)27(37-4)24(14-19)36-3/h5-14,25H,16,31H2,1-4H3. The van der Waals surface area contributed by atoms with Crippen LogP contribution in [0.15, 0.2) is 77.0 Å². The lowest BCUT2D eigenvalue weighted by Crippen LogP contribution is -2.39. The molecule has 0 saturated heterocycles. The van der Waals surface area contributed by atoms with E-state index in [1.54, 1.807) is 36.4 Å². The Morgan fingerprint density at radius 1 is 1.00 bits per heavy atom. The van der Waals surface area contributed by atoms with Gasteiger partial charge in [-0.15, -0.1) is 0 Å². The zero-order valence-electron chi connectivity index (χ0n) is 21.9. The van der Waals surface area contributed by atoms with Crippen molar-refractivity contribution >= 4 is 21.5 Å². The first-order valence-corrected chi connectivity index (χ1v) is 13.5. The zero-order chi connectivity index (χ0) is 27.9. The topological polar surface area (TPSA) is 124 Å². The maximum atomic E-state index is 14.5. The van der Waals surface area contributed by atoms with Crippen molar-refractivity contribution in [3.05, 3.63) is 99.3 Å². The summed E-state index contributed by atoms with van der Waals surface area (Å²) in [6.45, 7) is 2.02. The first kappa shape index (κ1) is 26.0. The molecule has 3 aromatic rings. The van der Waals surface area contributed by atoms with Crippen molar-refractivity contribution in [1.82, 2.24) is 0 Å². The number of aryl methyl sites for hydroxylation is 1. The fraction of sp³-hybridized carbons (Fsp3) is 0.207. The van der Waals surface area contributed by atoms with Gasteiger partial charge in [0.25, 0.3) is 10.0 Å². The van der Waals surface area contributed by atoms with Gasteiger partial charge in [-0.25, -0.2) is 8.42 Å². The molecule has 1 atom stereocenters. The smallest absolute Gasteiger partial charge is 0.265 e. The summed E-state index contributed by atoms with van der Waals surface area (Å²) < 4.78 is 52.8. The largest absolute Gasteiger partial charge is 0.493 e. The number of nitrogens with zero attached hydrogens (tertiary/aromatic N) is 2. The molecule has 0 bridgehead atoms. The van der Waals surface area contributed by atoms with Crippen LogP contribution in [0.3, 0.4) is 0 Å². The average molecular weight is 546 g/mol. The monoisotopic (exact) mass is 545 g/mol. The second-order valence-electron chi connectivity index (χ2n) is 9.03. The first-order chi connectivity index (χ1) is 18.8. The quantitative estimate of drug-likeness (QED) is 0.479. The SMILES string of the molecule is COc1cc(C2C(C#N)=C(N)OC3=C2S(=O)(=O)N(Cc2ccccc2C)c2ccccc23)cc(OC)c1OC. The molecule has 0 radical (unpaired) electrons. The summed E-state index contributed by atoms with van der Waals surface area (Å²) in [6, 6.07) is 20.0. The van der Waals surface area contributed by atoms with Crippen LogP contribution in [-0.2, 0) is 21.3 Å². The molecule has 0 spiro atoms. The van der Waals surface area contributed by atoms with Crippen LogP contribution < -0.4 is 24.2 Å². The van der Waals surface area contributed by atoms with E-state index in [9.17, 15) is 13.7 Å². The van der Waals surface area contributed by atoms with E-state index in [0.717, 1.165) is 11.1 Å². The van der Waals surface area contributed by atoms with Crippen molar-refractivity contribution < 1.29 is 27.4 Å². The third-order valence-electron chi connectivity index (χ3n) is 6.95. The second-order valence-corrected chi connectivity index (χ2v) is 10.9. The summed E-state index contributed by atoms with van der Waals surface area (Å²) in [5, 5.41) is 10.2. The van der Waals surface area contributed by atoms with Crippen molar-refractivity contribution in [1.29, 1.82) is 5.26 Å². The molecule has 2 aliphatic heterocycles. The normalized spacial score (nSPS) is 17.5. The number of methoxy groups -OCH3 is 3. The second kappa shape index (κ2) is 9.93. The molecule has 0 aromatic heterocycles. The summed E-state index contributed by atoms with van der Waals surface area (Å²) >= 11 is 0. The first-order valence-electron chi connectivity index (χ1n) is 12.0. The van der Waals surface area contributed by atoms with Crippen LogP contribution in [0.5, 0.6) is 17.2 Å². The Kier molecular flexibility index (Phi) is 6.62. The van der Waals surface area contributed by atoms with Gasteiger partial charge in [-0.05, 0) is 47.9 Å². The number of hydrogen-bond donors (Lipinski definition) is 1. The van der Waals surface area contributed by atoms with Gasteiger partial charge in [0.05, 0.1) is 39.5 Å². The minimum atomic E-state index is -4.24. The van der Waals surface area contributed by atoms with Gasteiger partial charge in [-0.3, -0.25) is 4.31 Å². The molecule has 2 heterocycles. The molecule has 3 aromatic carbocycles. The molecule has 2 N–H and O–H groups in total. The summed E-state index contributed by atoms with van der Waals surface area (Å²) in [6.07, 6.45) is 0. The Balaban J connectivity index is 1.80. The zero-order valence-corrected chi connectivity index (χ0v) is 22.7. The van der Waals surface area contributed by atoms with E-state index in [2.05, 4.69) is 6.07 Å². The maximum Gasteiger partial charge on any atom is 0.265 e. The summed E-state index contributed by atoms with van der Waals surface area (Å²) in [5.41, 5.74) is 9.43. The lowest BCUT2D eigenvalue weighted by Gasteiger charge is -2.38. The fourth-order valence-electron chi connectivity index (χ4n) is 5.02. The number of rotatable bonds is 6. The Labute approximate surface area is 227 Å². The highest BCUT2D eigenvalue weighted by atomic mass is 32.2. The van der Waals surface area contributed by atoms with E-state index in [-0.39, 0.29) is 28.7 Å². The molecule has 0 aliphatic carbocycles. The summed E-state index contributed by atoms with van der Waals surface area (Å²) in [5.74, 6) is -0.235. The molecule has 2 aliphatic rings. The van der Waals surface area contributed by atoms with Gasteiger partial charge in [-0.1, -0.05) is 36.4 Å². The van der Waals surface area contributed by atoms with Crippen LogP contribution in [-0.4, -0.2) is 29.7 Å². The molecule has 1 unspecified atom stereocenters. The Bertz CT molecular complexity index is 1660. The summed E-state index contributed by atoms with van der Waals surface area (Å²) in [4.78, 5) is -0.0881. The predicted octanol–water partition coefficient (Wildman–Crippen LogP) is 4.55. The molecular weight excluding hydrogens is 518 g/mol. The van der Waals surface area contributed by atoms with E-state index >= 15 is 0 Å². The molecule has 0 amide bonds. The minimum Gasteiger partial charge on any atom is -0.493 e. The highest BCUT2D eigenvalue weighted by Gasteiger charge is 2.47. The van der Waals surface area contributed by atoms with Crippen LogP contribution in [0.2, 0.25) is 0 Å². The minimum absolute atomic E-state index is 0.0400. The van der Waals surface area contributed by atoms with Gasteiger partial charge >= 0.3 is 0 Å². The van der Waals surface area contributed by atoms with Gasteiger partial charge in [0.1, 0.15) is 16.5 Å². The number of nitriles is 1. The third-order valence-corrected chi connectivity index (χ3v) is 8.84. The van der Waals surface area contributed by atoms with Crippen LogP contribution in [0.25, 0.3) is 5.76 Å². The van der Waals surface area contributed by atoms with Gasteiger partial charge in [-0.2, -0.15) is 5.26 Å². The molecule has 0 saturated carbocycles. The van der Waals surface area contributed by atoms with Crippen LogP contribution in [0.4, 0.5) is 5.69 Å². The van der Waals surface area contributed by atoms with Crippen molar-refractivity contribution in [3.63, 3.8) is 0 Å². The Hall–Kier alpha value is -4.62. The van der Waals surface area contributed by atoms with Crippen LogP contribution in [0.1, 0.15) is 28.2 Å². The van der Waals surface area contributed by atoms with E-state index in [1.165, 1.54) is 25.6 Å². The number of anilines is 1. The molecule has 5 rings (SSSR count). The van der Waals surface area contributed by atoms with Crippen LogP contribution >= 0.6 is 0 Å². The number of benzene rings is 3. The molecule has 39 heavy (non-hydrogen) atoms.